The fraction of sp³-hybridized carbons (Fsp3) is 0.350. The number of halogens is 2. The van der Waals surface area contributed by atoms with Gasteiger partial charge in [-0.25, -0.2) is 0 Å². The number of carbonyl (C=O) groups is 1. The Kier molecular flexibility index (Phi) is 6.17. The standard InChI is InChI=1S/C20H22F2N2O2/c21-20(22)26-18-9-2-1-7-17(18)13-23-19(25)16-8-5-6-15(12-16)14-24-10-3-4-11-24/h1-2,5-9,12,20H,3-4,10-11,13-14H2,(H,23,25). The first-order valence-corrected chi connectivity index (χ1v) is 8.74. The lowest BCUT2D eigenvalue weighted by atomic mass is 10.1. The van der Waals surface area contributed by atoms with E-state index in [-0.39, 0.29) is 18.2 Å². The Bertz CT molecular complexity index is 746. The molecule has 3 rings (SSSR count). The summed E-state index contributed by atoms with van der Waals surface area (Å²) in [4.78, 5) is 14.8. The lowest BCUT2D eigenvalue weighted by Crippen LogP contribution is -2.24. The van der Waals surface area contributed by atoms with E-state index in [1.165, 1.54) is 18.9 Å². The minimum Gasteiger partial charge on any atom is -0.434 e. The van der Waals surface area contributed by atoms with Crippen LogP contribution in [0.5, 0.6) is 5.75 Å². The highest BCUT2D eigenvalue weighted by Gasteiger charge is 2.14. The van der Waals surface area contributed by atoms with Crippen LogP contribution < -0.4 is 10.1 Å². The van der Waals surface area contributed by atoms with E-state index in [1.807, 2.05) is 18.2 Å². The molecule has 2 aromatic carbocycles. The van der Waals surface area contributed by atoms with Gasteiger partial charge in [0.2, 0.25) is 0 Å². The molecule has 0 aliphatic carbocycles. The largest absolute Gasteiger partial charge is 0.434 e. The lowest BCUT2D eigenvalue weighted by molar-refractivity contribution is -0.0504. The number of para-hydroxylation sites is 1. The Morgan fingerprint density at radius 2 is 1.88 bits per heavy atom. The van der Waals surface area contributed by atoms with Crippen molar-refractivity contribution in [3.8, 4) is 5.75 Å². The third-order valence-electron chi connectivity index (χ3n) is 4.42. The predicted octanol–water partition coefficient (Wildman–Crippen LogP) is 3.81. The average molecular weight is 360 g/mol. The smallest absolute Gasteiger partial charge is 0.387 e. The van der Waals surface area contributed by atoms with Gasteiger partial charge in [-0.2, -0.15) is 8.78 Å². The van der Waals surface area contributed by atoms with Crippen LogP contribution in [0.2, 0.25) is 0 Å². The number of alkyl halides is 2. The Morgan fingerprint density at radius 1 is 1.12 bits per heavy atom. The van der Waals surface area contributed by atoms with Crippen LogP contribution in [0.1, 0.15) is 34.3 Å². The van der Waals surface area contributed by atoms with Gasteiger partial charge in [0.05, 0.1) is 0 Å². The van der Waals surface area contributed by atoms with Crippen LogP contribution in [-0.2, 0) is 13.1 Å². The van der Waals surface area contributed by atoms with Gasteiger partial charge >= 0.3 is 6.61 Å². The zero-order valence-corrected chi connectivity index (χ0v) is 14.5. The summed E-state index contributed by atoms with van der Waals surface area (Å²) in [7, 11) is 0. The van der Waals surface area contributed by atoms with Crippen molar-refractivity contribution in [3.05, 3.63) is 65.2 Å². The van der Waals surface area contributed by atoms with Crippen molar-refractivity contribution >= 4 is 5.91 Å². The third-order valence-corrected chi connectivity index (χ3v) is 4.42. The summed E-state index contributed by atoms with van der Waals surface area (Å²) in [5.74, 6) is -0.161. The van der Waals surface area contributed by atoms with Crippen LogP contribution in [0, 0.1) is 0 Å². The van der Waals surface area contributed by atoms with Gasteiger partial charge in [-0.3, -0.25) is 9.69 Å². The molecule has 0 spiro atoms. The van der Waals surface area contributed by atoms with Gasteiger partial charge in [0.25, 0.3) is 5.91 Å². The average Bonchev–Trinajstić information content (AvgIpc) is 3.13. The lowest BCUT2D eigenvalue weighted by Gasteiger charge is -2.15. The summed E-state index contributed by atoms with van der Waals surface area (Å²) >= 11 is 0. The van der Waals surface area contributed by atoms with Crippen molar-refractivity contribution in [3.63, 3.8) is 0 Å². The molecule has 1 fully saturated rings. The maximum atomic E-state index is 12.5. The Balaban J connectivity index is 1.61. The van der Waals surface area contributed by atoms with E-state index in [2.05, 4.69) is 15.0 Å². The molecule has 138 valence electrons. The number of rotatable bonds is 7. The zero-order chi connectivity index (χ0) is 18.4. The molecule has 4 nitrogen and oxygen atoms in total. The fourth-order valence-corrected chi connectivity index (χ4v) is 3.15. The summed E-state index contributed by atoms with van der Waals surface area (Å²) in [6.45, 7) is 0.257. The molecule has 1 aliphatic rings. The summed E-state index contributed by atoms with van der Waals surface area (Å²) in [5.41, 5.74) is 2.17. The van der Waals surface area contributed by atoms with Gasteiger partial charge in [0, 0.05) is 24.2 Å². The van der Waals surface area contributed by atoms with Crippen LogP contribution in [0.25, 0.3) is 0 Å². The summed E-state index contributed by atoms with van der Waals surface area (Å²) in [5, 5.41) is 2.77. The second-order valence-electron chi connectivity index (χ2n) is 6.35. The second kappa shape index (κ2) is 8.76. The molecular formula is C20H22F2N2O2. The third kappa shape index (κ3) is 5.02. The van der Waals surface area contributed by atoms with Crippen molar-refractivity contribution in [2.45, 2.75) is 32.5 Å². The van der Waals surface area contributed by atoms with Gasteiger partial charge in [-0.05, 0) is 49.7 Å². The monoisotopic (exact) mass is 360 g/mol. The van der Waals surface area contributed by atoms with E-state index in [0.717, 1.165) is 25.2 Å². The molecule has 1 N–H and O–H groups in total. The Hall–Kier alpha value is -2.47. The van der Waals surface area contributed by atoms with Crippen LogP contribution in [0.3, 0.4) is 0 Å². The number of nitrogens with zero attached hydrogens (tertiary/aromatic N) is 1. The molecule has 0 unspecified atom stereocenters. The number of amides is 1. The minimum absolute atomic E-state index is 0.0746. The molecule has 0 atom stereocenters. The number of carbonyl (C=O) groups excluding carboxylic acids is 1. The van der Waals surface area contributed by atoms with E-state index < -0.39 is 6.61 Å². The molecule has 2 aromatic rings. The van der Waals surface area contributed by atoms with Crippen molar-refractivity contribution in [2.75, 3.05) is 13.1 Å². The van der Waals surface area contributed by atoms with E-state index in [9.17, 15) is 13.6 Å². The van der Waals surface area contributed by atoms with E-state index in [1.54, 1.807) is 24.3 Å². The van der Waals surface area contributed by atoms with Gasteiger partial charge in [-0.15, -0.1) is 0 Å². The highest BCUT2D eigenvalue weighted by atomic mass is 19.3. The Morgan fingerprint density at radius 3 is 2.65 bits per heavy atom. The van der Waals surface area contributed by atoms with E-state index in [0.29, 0.717) is 11.1 Å². The maximum absolute atomic E-state index is 12.5. The molecule has 6 heteroatoms. The molecule has 0 aromatic heterocycles. The van der Waals surface area contributed by atoms with Crippen LogP contribution >= 0.6 is 0 Å². The van der Waals surface area contributed by atoms with Crippen molar-refractivity contribution in [1.29, 1.82) is 0 Å². The highest BCUT2D eigenvalue weighted by molar-refractivity contribution is 5.94. The molecule has 0 saturated carbocycles. The molecule has 1 saturated heterocycles. The first kappa shape index (κ1) is 18.3. The van der Waals surface area contributed by atoms with Gasteiger partial charge in [-0.1, -0.05) is 30.3 Å². The SMILES string of the molecule is O=C(NCc1ccccc1OC(F)F)c1cccc(CN2CCCC2)c1. The zero-order valence-electron chi connectivity index (χ0n) is 14.5. The van der Waals surface area contributed by atoms with Crippen molar-refractivity contribution in [1.82, 2.24) is 10.2 Å². The number of hydrogen-bond acceptors (Lipinski definition) is 3. The highest BCUT2D eigenvalue weighted by Crippen LogP contribution is 2.20. The maximum Gasteiger partial charge on any atom is 0.387 e. The topological polar surface area (TPSA) is 41.6 Å². The second-order valence-corrected chi connectivity index (χ2v) is 6.35. The van der Waals surface area contributed by atoms with Gasteiger partial charge < -0.3 is 10.1 Å². The molecule has 1 heterocycles. The molecule has 26 heavy (non-hydrogen) atoms. The number of ether oxygens (including phenoxy) is 1. The number of likely N-dealkylation sites (tertiary alicyclic amines) is 1. The van der Waals surface area contributed by atoms with E-state index in [4.69, 9.17) is 0 Å². The number of nitrogens with one attached hydrogen (secondary N) is 1. The molecule has 0 bridgehead atoms. The van der Waals surface area contributed by atoms with Crippen LogP contribution in [0.4, 0.5) is 8.78 Å². The van der Waals surface area contributed by atoms with Gasteiger partial charge in [0.1, 0.15) is 5.75 Å². The summed E-state index contributed by atoms with van der Waals surface area (Å²) in [6.07, 6.45) is 2.44. The van der Waals surface area contributed by atoms with Crippen molar-refractivity contribution < 1.29 is 18.3 Å². The number of hydrogen-bond donors (Lipinski definition) is 1. The summed E-state index contributed by atoms with van der Waals surface area (Å²) < 4.78 is 29.4. The van der Waals surface area contributed by atoms with Crippen LogP contribution in [0.15, 0.2) is 48.5 Å². The minimum atomic E-state index is -2.89. The first-order chi connectivity index (χ1) is 12.6. The normalized spacial score (nSPS) is 14.6. The Labute approximate surface area is 151 Å². The molecule has 1 aliphatic heterocycles. The van der Waals surface area contributed by atoms with Crippen molar-refractivity contribution in [2.24, 2.45) is 0 Å². The van der Waals surface area contributed by atoms with Gasteiger partial charge in [0.15, 0.2) is 0 Å². The predicted molar refractivity (Wildman–Crippen MR) is 95.2 cm³/mol. The molecular weight excluding hydrogens is 338 g/mol. The molecule has 0 radical (unpaired) electrons. The number of benzene rings is 2. The molecule has 1 amide bonds. The quantitative estimate of drug-likeness (QED) is 0.816. The van der Waals surface area contributed by atoms with Crippen LogP contribution in [-0.4, -0.2) is 30.5 Å². The fourth-order valence-electron chi connectivity index (χ4n) is 3.15. The van der Waals surface area contributed by atoms with E-state index >= 15 is 0 Å². The first-order valence-electron chi connectivity index (χ1n) is 8.74. The summed E-state index contributed by atoms with van der Waals surface area (Å²) in [6, 6.07) is 14.0.